The largest absolute Gasteiger partial charge is 0.378 e. The van der Waals surface area contributed by atoms with Gasteiger partial charge in [-0.05, 0) is 94.8 Å². The summed E-state index contributed by atoms with van der Waals surface area (Å²) in [6.45, 7) is 39.3. The van der Waals surface area contributed by atoms with Crippen LogP contribution in [0.3, 0.4) is 0 Å². The van der Waals surface area contributed by atoms with Gasteiger partial charge in [-0.3, -0.25) is 0 Å². The van der Waals surface area contributed by atoms with E-state index < -0.39 is 0 Å². The Morgan fingerprint density at radius 3 is 1.16 bits per heavy atom. The molecule has 0 aromatic heterocycles. The third-order valence-corrected chi connectivity index (χ3v) is 8.77. The van der Waals surface area contributed by atoms with Crippen molar-refractivity contribution in [3.05, 3.63) is 0 Å². The quantitative estimate of drug-likeness (QED) is 0.307. The van der Waals surface area contributed by atoms with Crippen molar-refractivity contribution in [2.75, 3.05) is 40.3 Å². The van der Waals surface area contributed by atoms with E-state index >= 15 is 0 Å². The molecular formula is C41H96N2O. The smallest absolute Gasteiger partial charge is 0.0598 e. The summed E-state index contributed by atoms with van der Waals surface area (Å²) in [6.07, 6.45) is 13.3. The Morgan fingerprint density at radius 2 is 0.977 bits per heavy atom. The first-order chi connectivity index (χ1) is 20.0. The molecule has 0 aromatic rings. The van der Waals surface area contributed by atoms with Crippen LogP contribution >= 0.6 is 0 Å². The Bertz CT molecular complexity index is 459. The number of nitrogens with zero attached hydrogens (tertiary/aromatic N) is 2. The molecule has 3 nitrogen and oxygen atoms in total. The molecule has 0 radical (unpaired) electrons. The maximum Gasteiger partial charge on any atom is 0.0598 e. The number of rotatable bonds is 4. The summed E-state index contributed by atoms with van der Waals surface area (Å²) in [4.78, 5) is 4.90. The van der Waals surface area contributed by atoms with Crippen LogP contribution < -0.4 is 0 Å². The molecule has 1 aliphatic carbocycles. The van der Waals surface area contributed by atoms with Crippen LogP contribution in [0.2, 0.25) is 0 Å². The third kappa shape index (κ3) is 29.3. The monoisotopic (exact) mass is 633 g/mol. The predicted molar refractivity (Wildman–Crippen MR) is 210 cm³/mol. The molecule has 1 saturated carbocycles. The minimum Gasteiger partial charge on any atom is -0.378 e. The zero-order valence-electron chi connectivity index (χ0n) is 33.1. The first-order valence-electron chi connectivity index (χ1n) is 19.0. The lowest BCUT2D eigenvalue weighted by Crippen LogP contribution is -2.29. The van der Waals surface area contributed by atoms with Crippen LogP contribution in [0, 0.1) is 35.5 Å². The first kappa shape index (κ1) is 56.2. The van der Waals surface area contributed by atoms with Crippen LogP contribution in [0.15, 0.2) is 0 Å². The maximum absolute atomic E-state index is 5.41. The van der Waals surface area contributed by atoms with E-state index in [1.54, 1.807) is 0 Å². The van der Waals surface area contributed by atoms with E-state index in [0.29, 0.717) is 6.10 Å². The van der Waals surface area contributed by atoms with Crippen LogP contribution in [0.5, 0.6) is 0 Å². The van der Waals surface area contributed by atoms with Crippen molar-refractivity contribution >= 4 is 0 Å². The molecule has 0 bridgehead atoms. The predicted octanol–water partition coefficient (Wildman–Crippen LogP) is 13.4. The molecule has 3 unspecified atom stereocenters. The second-order valence-electron chi connectivity index (χ2n) is 13.1. The summed E-state index contributed by atoms with van der Waals surface area (Å²) < 4.78 is 5.41. The van der Waals surface area contributed by atoms with E-state index in [2.05, 4.69) is 79.3 Å². The lowest BCUT2D eigenvalue weighted by atomic mass is 9.95. The Hall–Kier alpha value is -0.120. The summed E-state index contributed by atoms with van der Waals surface area (Å²) in [6, 6.07) is 0.866. The highest BCUT2D eigenvalue weighted by Crippen LogP contribution is 2.30. The van der Waals surface area contributed by atoms with Gasteiger partial charge in [-0.25, -0.2) is 0 Å². The lowest BCUT2D eigenvalue weighted by molar-refractivity contribution is 0.0758. The Kier molecular flexibility index (Phi) is 49.9. The molecule has 3 heterocycles. The summed E-state index contributed by atoms with van der Waals surface area (Å²) in [5.74, 6) is 5.42. The molecule has 4 rings (SSSR count). The molecule has 276 valence electrons. The topological polar surface area (TPSA) is 15.7 Å². The van der Waals surface area contributed by atoms with Crippen molar-refractivity contribution in [3.8, 4) is 0 Å². The highest BCUT2D eigenvalue weighted by atomic mass is 16.5. The van der Waals surface area contributed by atoms with Crippen LogP contribution in [0.25, 0.3) is 0 Å². The fourth-order valence-corrected chi connectivity index (χ4v) is 6.04. The van der Waals surface area contributed by atoms with Crippen LogP contribution in [-0.2, 0) is 4.74 Å². The van der Waals surface area contributed by atoms with Gasteiger partial charge < -0.3 is 14.5 Å². The highest BCUT2D eigenvalue weighted by molar-refractivity contribution is 4.78. The number of likely N-dealkylation sites (tertiary alicyclic amines) is 2. The second kappa shape index (κ2) is 39.1. The summed E-state index contributed by atoms with van der Waals surface area (Å²) in [5.41, 5.74) is 0. The van der Waals surface area contributed by atoms with Gasteiger partial charge in [-0.15, -0.1) is 0 Å². The standard InChI is InChI=1S/2C8H17N.C8H16.C7H14O.4C2H6.2CH4/c1-7(2)8-4-5-9(3)6-8;1-7(2)8-5-4-6-9(8)3;1-7(2)8-5-3-4-6-8;1-6(2)7-4-3-5-8-7;4*1-2;;/h2*7-8H,4-6H2,1-3H3;7-8H,3-6H2,1-2H3;6-7H,3-5H2,1-2H3;4*1-2H3;2*1H4. The molecule has 0 amide bonds. The molecule has 3 saturated heterocycles. The fourth-order valence-electron chi connectivity index (χ4n) is 6.04. The normalized spacial score (nSPS) is 22.4. The van der Waals surface area contributed by atoms with Crippen LogP contribution in [-0.4, -0.2) is 62.3 Å². The minimum absolute atomic E-state index is 0. The van der Waals surface area contributed by atoms with Gasteiger partial charge in [0.2, 0.25) is 0 Å². The SMILES string of the molecule is C.C.CC.CC.CC.CC.CC(C)C1CCCC1.CC(C)C1CCCN1C.CC(C)C1CCCO1.CC(C)C1CCN(C)C1. The van der Waals surface area contributed by atoms with Gasteiger partial charge >= 0.3 is 0 Å². The van der Waals surface area contributed by atoms with Crippen LogP contribution in [0.1, 0.15) is 183 Å². The van der Waals surface area contributed by atoms with Gasteiger partial charge in [0, 0.05) is 19.2 Å². The van der Waals surface area contributed by atoms with Gasteiger partial charge in [-0.2, -0.15) is 0 Å². The number of hydrogen-bond acceptors (Lipinski definition) is 3. The number of hydrogen-bond donors (Lipinski definition) is 0. The highest BCUT2D eigenvalue weighted by Gasteiger charge is 2.23. The summed E-state index contributed by atoms with van der Waals surface area (Å²) in [5, 5.41) is 0. The molecule has 3 atom stereocenters. The Balaban J connectivity index is -0.000000100. The Labute approximate surface area is 285 Å². The molecule has 3 aliphatic heterocycles. The van der Waals surface area contributed by atoms with E-state index in [1.165, 1.54) is 77.4 Å². The van der Waals surface area contributed by atoms with Crippen molar-refractivity contribution < 1.29 is 4.74 Å². The molecule has 3 heteroatoms. The van der Waals surface area contributed by atoms with E-state index in [-0.39, 0.29) is 14.9 Å². The molecule has 0 aromatic carbocycles. The summed E-state index contributed by atoms with van der Waals surface area (Å²) >= 11 is 0. The van der Waals surface area contributed by atoms with Crippen molar-refractivity contribution in [3.63, 3.8) is 0 Å². The minimum atomic E-state index is 0. The zero-order chi connectivity index (χ0) is 33.7. The molecule has 44 heavy (non-hydrogen) atoms. The molecule has 4 aliphatic rings. The van der Waals surface area contributed by atoms with Gasteiger partial charge in [0.15, 0.2) is 0 Å². The molecule has 4 fully saturated rings. The van der Waals surface area contributed by atoms with Gasteiger partial charge in [-0.1, -0.05) is 151 Å². The third-order valence-electron chi connectivity index (χ3n) is 8.77. The number of ether oxygens (including phenoxy) is 1. The van der Waals surface area contributed by atoms with E-state index in [9.17, 15) is 0 Å². The van der Waals surface area contributed by atoms with Gasteiger partial charge in [0.05, 0.1) is 6.10 Å². The van der Waals surface area contributed by atoms with Crippen molar-refractivity contribution in [2.45, 2.75) is 196 Å². The molecular weight excluding hydrogens is 536 g/mol. The van der Waals surface area contributed by atoms with Gasteiger partial charge in [0.25, 0.3) is 0 Å². The first-order valence-corrected chi connectivity index (χ1v) is 19.0. The van der Waals surface area contributed by atoms with Crippen molar-refractivity contribution in [2.24, 2.45) is 35.5 Å². The Morgan fingerprint density at radius 1 is 0.500 bits per heavy atom. The van der Waals surface area contributed by atoms with E-state index in [0.717, 1.165) is 48.2 Å². The summed E-state index contributed by atoms with van der Waals surface area (Å²) in [7, 11) is 4.44. The van der Waals surface area contributed by atoms with E-state index in [4.69, 9.17) is 4.74 Å². The van der Waals surface area contributed by atoms with E-state index in [1.807, 2.05) is 55.4 Å². The van der Waals surface area contributed by atoms with Gasteiger partial charge in [0.1, 0.15) is 0 Å². The molecule has 0 N–H and O–H groups in total. The average molecular weight is 633 g/mol. The van der Waals surface area contributed by atoms with Crippen molar-refractivity contribution in [1.82, 2.24) is 9.80 Å². The average Bonchev–Trinajstić information content (AvgIpc) is 3.82. The lowest BCUT2D eigenvalue weighted by Gasteiger charge is -2.22. The molecule has 0 spiro atoms. The van der Waals surface area contributed by atoms with Crippen molar-refractivity contribution in [1.29, 1.82) is 0 Å². The zero-order valence-corrected chi connectivity index (χ0v) is 33.1. The fraction of sp³-hybridized carbons (Fsp3) is 1.00. The second-order valence-corrected chi connectivity index (χ2v) is 13.1. The maximum atomic E-state index is 5.41. The van der Waals surface area contributed by atoms with Crippen LogP contribution in [0.4, 0.5) is 0 Å².